The molecule has 2 rings (SSSR count). The van der Waals surface area contributed by atoms with Crippen molar-refractivity contribution in [1.29, 1.82) is 0 Å². The molecule has 2 nitrogen and oxygen atoms in total. The van der Waals surface area contributed by atoms with E-state index in [0.29, 0.717) is 24.0 Å². The van der Waals surface area contributed by atoms with E-state index in [1.807, 2.05) is 13.8 Å². The summed E-state index contributed by atoms with van der Waals surface area (Å²) in [6.45, 7) is 4.58. The third-order valence-corrected chi connectivity index (χ3v) is 2.59. The van der Waals surface area contributed by atoms with E-state index in [-0.39, 0.29) is 6.04 Å². The average molecular weight is 213 g/mol. The van der Waals surface area contributed by atoms with Crippen molar-refractivity contribution in [2.24, 2.45) is 5.92 Å². The van der Waals surface area contributed by atoms with Crippen molar-refractivity contribution in [3.8, 4) is 5.75 Å². The lowest BCUT2D eigenvalue weighted by Crippen LogP contribution is -2.35. The van der Waals surface area contributed by atoms with Gasteiger partial charge in [0.05, 0.1) is 11.7 Å². The van der Waals surface area contributed by atoms with Gasteiger partial charge in [-0.05, 0) is 5.92 Å². The minimum atomic E-state index is -0.876. The molecule has 0 aromatic heterocycles. The molecular weight excluding hydrogens is 200 g/mol. The molecule has 4 heteroatoms. The Hall–Kier alpha value is -1.32. The lowest BCUT2D eigenvalue weighted by molar-refractivity contribution is 0.255. The number of nitrogens with one attached hydrogen (secondary N) is 1. The van der Waals surface area contributed by atoms with E-state index in [1.165, 1.54) is 0 Å². The zero-order chi connectivity index (χ0) is 11.0. The van der Waals surface area contributed by atoms with Crippen LogP contribution in [0.5, 0.6) is 5.75 Å². The molecule has 1 unspecified atom stereocenters. The second-order valence-corrected chi connectivity index (χ2v) is 4.07. The highest BCUT2D eigenvalue weighted by atomic mass is 19.2. The van der Waals surface area contributed by atoms with Crippen LogP contribution in [0, 0.1) is 17.6 Å². The standard InChI is InChI=1S/C11H13F2NO/c1-6(2)10-5-15-11-4-8(13)7(12)3-9(11)14-10/h3-4,6,10,14H,5H2,1-2H3. The maximum atomic E-state index is 13.0. The summed E-state index contributed by atoms with van der Waals surface area (Å²) in [5, 5.41) is 3.13. The summed E-state index contributed by atoms with van der Waals surface area (Å²) in [6.07, 6.45) is 0. The van der Waals surface area contributed by atoms with Gasteiger partial charge in [0.1, 0.15) is 12.4 Å². The molecule has 0 saturated carbocycles. The number of hydrogen-bond acceptors (Lipinski definition) is 2. The van der Waals surface area contributed by atoms with Crippen LogP contribution in [0.15, 0.2) is 12.1 Å². The summed E-state index contributed by atoms with van der Waals surface area (Å²) >= 11 is 0. The lowest BCUT2D eigenvalue weighted by atomic mass is 10.0. The zero-order valence-electron chi connectivity index (χ0n) is 8.68. The number of hydrogen-bond donors (Lipinski definition) is 1. The van der Waals surface area contributed by atoms with Gasteiger partial charge in [-0.3, -0.25) is 0 Å². The molecule has 1 aromatic carbocycles. The summed E-state index contributed by atoms with van der Waals surface area (Å²) in [5.74, 6) is -0.968. The fourth-order valence-corrected chi connectivity index (χ4v) is 1.54. The molecule has 0 saturated heterocycles. The van der Waals surface area contributed by atoms with Crippen LogP contribution in [0.3, 0.4) is 0 Å². The highest BCUT2D eigenvalue weighted by Gasteiger charge is 2.23. The van der Waals surface area contributed by atoms with Crippen LogP contribution in [0.1, 0.15) is 13.8 Å². The number of anilines is 1. The van der Waals surface area contributed by atoms with Crippen LogP contribution in [-0.2, 0) is 0 Å². The Bertz CT molecular complexity index is 379. The Labute approximate surface area is 87.2 Å². The third-order valence-electron chi connectivity index (χ3n) is 2.59. The normalized spacial score (nSPS) is 19.4. The fourth-order valence-electron chi connectivity index (χ4n) is 1.54. The predicted molar refractivity (Wildman–Crippen MR) is 54.1 cm³/mol. The van der Waals surface area contributed by atoms with Crippen molar-refractivity contribution < 1.29 is 13.5 Å². The first-order chi connectivity index (χ1) is 7.08. The molecule has 82 valence electrons. The number of halogens is 2. The van der Waals surface area contributed by atoms with Crippen molar-refractivity contribution in [3.63, 3.8) is 0 Å². The van der Waals surface area contributed by atoms with Gasteiger partial charge in [-0.2, -0.15) is 0 Å². The Kier molecular flexibility index (Phi) is 2.50. The van der Waals surface area contributed by atoms with Crippen LogP contribution in [0.4, 0.5) is 14.5 Å². The molecule has 1 heterocycles. The SMILES string of the molecule is CC(C)C1COc2cc(F)c(F)cc2N1. The van der Waals surface area contributed by atoms with Gasteiger partial charge in [0.15, 0.2) is 11.6 Å². The molecule has 15 heavy (non-hydrogen) atoms. The van der Waals surface area contributed by atoms with Crippen LogP contribution >= 0.6 is 0 Å². The van der Waals surface area contributed by atoms with Gasteiger partial charge in [-0.25, -0.2) is 8.78 Å². The summed E-state index contributed by atoms with van der Waals surface area (Å²) in [6, 6.07) is 2.36. The third kappa shape index (κ3) is 1.89. The minimum absolute atomic E-state index is 0.141. The van der Waals surface area contributed by atoms with Gasteiger partial charge >= 0.3 is 0 Å². The highest BCUT2D eigenvalue weighted by molar-refractivity contribution is 5.58. The molecule has 1 aromatic rings. The van der Waals surface area contributed by atoms with E-state index >= 15 is 0 Å². The number of rotatable bonds is 1. The van der Waals surface area contributed by atoms with Crippen LogP contribution < -0.4 is 10.1 Å². The first kappa shape index (κ1) is 10.2. The van der Waals surface area contributed by atoms with E-state index < -0.39 is 11.6 Å². The monoisotopic (exact) mass is 213 g/mol. The van der Waals surface area contributed by atoms with Gasteiger partial charge in [-0.1, -0.05) is 13.8 Å². The Morgan fingerprint density at radius 3 is 2.67 bits per heavy atom. The summed E-state index contributed by atoms with van der Waals surface area (Å²) in [4.78, 5) is 0. The Morgan fingerprint density at radius 2 is 2.00 bits per heavy atom. The number of ether oxygens (including phenoxy) is 1. The van der Waals surface area contributed by atoms with Crippen molar-refractivity contribution in [3.05, 3.63) is 23.8 Å². The van der Waals surface area contributed by atoms with Gasteiger partial charge in [0.25, 0.3) is 0 Å². The van der Waals surface area contributed by atoms with E-state index in [4.69, 9.17) is 4.74 Å². The van der Waals surface area contributed by atoms with Crippen molar-refractivity contribution in [2.45, 2.75) is 19.9 Å². The molecule has 0 spiro atoms. The van der Waals surface area contributed by atoms with Crippen molar-refractivity contribution >= 4 is 5.69 Å². The van der Waals surface area contributed by atoms with E-state index in [9.17, 15) is 8.78 Å². The average Bonchev–Trinajstić information content (AvgIpc) is 2.19. The minimum Gasteiger partial charge on any atom is -0.489 e. The maximum absolute atomic E-state index is 13.0. The second-order valence-electron chi connectivity index (χ2n) is 4.07. The van der Waals surface area contributed by atoms with Crippen molar-refractivity contribution in [2.75, 3.05) is 11.9 Å². The van der Waals surface area contributed by atoms with Gasteiger partial charge in [0.2, 0.25) is 0 Å². The number of benzene rings is 1. The van der Waals surface area contributed by atoms with Crippen molar-refractivity contribution in [1.82, 2.24) is 0 Å². The largest absolute Gasteiger partial charge is 0.489 e. The Morgan fingerprint density at radius 1 is 1.33 bits per heavy atom. The molecule has 0 fully saturated rings. The lowest BCUT2D eigenvalue weighted by Gasteiger charge is -2.30. The summed E-state index contributed by atoms with van der Waals surface area (Å²) < 4.78 is 31.2. The number of fused-ring (bicyclic) bond motifs is 1. The maximum Gasteiger partial charge on any atom is 0.162 e. The molecule has 1 aliphatic rings. The molecule has 1 atom stereocenters. The topological polar surface area (TPSA) is 21.3 Å². The first-order valence-corrected chi connectivity index (χ1v) is 4.96. The van der Waals surface area contributed by atoms with E-state index in [1.54, 1.807) is 0 Å². The second kappa shape index (κ2) is 3.68. The van der Waals surface area contributed by atoms with E-state index in [2.05, 4.69) is 5.32 Å². The fraction of sp³-hybridized carbons (Fsp3) is 0.455. The zero-order valence-corrected chi connectivity index (χ0v) is 8.68. The van der Waals surface area contributed by atoms with Gasteiger partial charge in [-0.15, -0.1) is 0 Å². The highest BCUT2D eigenvalue weighted by Crippen LogP contribution is 2.32. The van der Waals surface area contributed by atoms with E-state index in [0.717, 1.165) is 12.1 Å². The van der Waals surface area contributed by atoms with Gasteiger partial charge < -0.3 is 10.1 Å². The smallest absolute Gasteiger partial charge is 0.162 e. The molecule has 0 amide bonds. The quantitative estimate of drug-likeness (QED) is 0.774. The molecule has 0 aliphatic carbocycles. The molecule has 0 bridgehead atoms. The summed E-state index contributed by atoms with van der Waals surface area (Å²) in [7, 11) is 0. The van der Waals surface area contributed by atoms with Crippen LogP contribution in [0.2, 0.25) is 0 Å². The van der Waals surface area contributed by atoms with Crippen LogP contribution in [0.25, 0.3) is 0 Å². The molecular formula is C11H13F2NO. The van der Waals surface area contributed by atoms with Gasteiger partial charge in [0, 0.05) is 12.1 Å². The Balaban J connectivity index is 2.30. The first-order valence-electron chi connectivity index (χ1n) is 4.96. The molecule has 0 radical (unpaired) electrons. The molecule has 1 aliphatic heterocycles. The predicted octanol–water partition coefficient (Wildman–Crippen LogP) is 2.79. The molecule has 1 N–H and O–H groups in total. The summed E-state index contributed by atoms with van der Waals surface area (Å²) in [5.41, 5.74) is 0.527. The van der Waals surface area contributed by atoms with Crippen LogP contribution in [-0.4, -0.2) is 12.6 Å².